The number of alkyl halides is 4. The molecule has 2 nitrogen and oxygen atoms in total. The van der Waals surface area contributed by atoms with E-state index in [1.54, 1.807) is 0 Å². The van der Waals surface area contributed by atoms with Gasteiger partial charge < -0.3 is 4.74 Å². The highest BCUT2D eigenvalue weighted by Crippen LogP contribution is 2.30. The number of carbonyl (C=O) groups excluding carboxylic acids is 1. The largest absolute Gasteiger partial charge is 0.490 e. The fourth-order valence-corrected chi connectivity index (χ4v) is 1.21. The van der Waals surface area contributed by atoms with Gasteiger partial charge in [0, 0.05) is 18.2 Å². The van der Waals surface area contributed by atoms with E-state index in [0.29, 0.717) is 12.8 Å². The summed E-state index contributed by atoms with van der Waals surface area (Å²) >= 11 is 5.47. The van der Waals surface area contributed by atoms with Crippen molar-refractivity contribution in [2.75, 3.05) is 0 Å². The van der Waals surface area contributed by atoms with Gasteiger partial charge in [-0.25, -0.2) is 4.79 Å². The topological polar surface area (TPSA) is 26.3 Å². The zero-order valence-electron chi connectivity index (χ0n) is 5.90. The fourth-order valence-electron chi connectivity index (χ4n) is 0.816. The lowest BCUT2D eigenvalue weighted by Gasteiger charge is -2.30. The minimum absolute atomic E-state index is 0.156. The molecule has 1 fully saturated rings. The van der Waals surface area contributed by atoms with Gasteiger partial charge in [-0.15, -0.1) is 11.6 Å². The number of carbonyl (C=O) groups is 1. The highest BCUT2D eigenvalue weighted by Gasteiger charge is 2.44. The Morgan fingerprint density at radius 3 is 2.25 bits per heavy atom. The highest BCUT2D eigenvalue weighted by atomic mass is 35.5. The van der Waals surface area contributed by atoms with Gasteiger partial charge in [-0.2, -0.15) is 13.2 Å². The second-order valence-electron chi connectivity index (χ2n) is 2.59. The van der Waals surface area contributed by atoms with Gasteiger partial charge in [0.1, 0.15) is 6.10 Å². The van der Waals surface area contributed by atoms with E-state index >= 15 is 0 Å². The fraction of sp³-hybridized carbons (Fsp3) is 0.833. The van der Waals surface area contributed by atoms with Crippen LogP contribution in [0.1, 0.15) is 12.8 Å². The Morgan fingerprint density at radius 1 is 1.42 bits per heavy atom. The second kappa shape index (κ2) is 3.12. The Morgan fingerprint density at radius 2 is 1.92 bits per heavy atom. The van der Waals surface area contributed by atoms with Crippen LogP contribution in [0.3, 0.4) is 0 Å². The van der Waals surface area contributed by atoms with Crippen LogP contribution in [0.2, 0.25) is 0 Å². The van der Waals surface area contributed by atoms with Gasteiger partial charge in [0.25, 0.3) is 0 Å². The molecule has 0 radical (unpaired) electrons. The summed E-state index contributed by atoms with van der Waals surface area (Å²) in [5.74, 6) is -2.13. The lowest BCUT2D eigenvalue weighted by Crippen LogP contribution is -2.38. The maximum absolute atomic E-state index is 11.6. The van der Waals surface area contributed by atoms with Gasteiger partial charge in [0.05, 0.1) is 0 Å². The maximum atomic E-state index is 11.6. The van der Waals surface area contributed by atoms with E-state index in [2.05, 4.69) is 4.74 Å². The molecule has 0 unspecified atom stereocenters. The number of halogens is 4. The third kappa shape index (κ3) is 2.27. The Kier molecular flexibility index (Phi) is 2.51. The van der Waals surface area contributed by atoms with Crippen LogP contribution in [0.25, 0.3) is 0 Å². The summed E-state index contributed by atoms with van der Waals surface area (Å²) in [5, 5.41) is -0.156. The Hall–Kier alpha value is -0.450. The van der Waals surface area contributed by atoms with E-state index in [0.717, 1.165) is 0 Å². The van der Waals surface area contributed by atoms with Gasteiger partial charge in [-0.05, 0) is 0 Å². The van der Waals surface area contributed by atoms with E-state index in [1.807, 2.05) is 0 Å². The van der Waals surface area contributed by atoms with Crippen LogP contribution in [0, 0.1) is 0 Å². The molecule has 1 rings (SSSR count). The predicted octanol–water partition coefficient (Wildman–Crippen LogP) is 1.86. The van der Waals surface area contributed by atoms with Crippen LogP contribution in [0.4, 0.5) is 13.2 Å². The summed E-state index contributed by atoms with van der Waals surface area (Å²) in [6, 6.07) is 0. The first-order valence-corrected chi connectivity index (χ1v) is 3.75. The minimum Gasteiger partial charge on any atom is -0.456 e. The summed E-state index contributed by atoms with van der Waals surface area (Å²) in [6.45, 7) is 0. The molecule has 12 heavy (non-hydrogen) atoms. The van der Waals surface area contributed by atoms with Crippen LogP contribution < -0.4 is 0 Å². The smallest absolute Gasteiger partial charge is 0.456 e. The molecule has 0 aromatic carbocycles. The minimum atomic E-state index is -4.89. The number of rotatable bonds is 1. The molecule has 0 aromatic rings. The molecule has 0 aliphatic heterocycles. The number of ether oxygens (including phenoxy) is 1. The van der Waals surface area contributed by atoms with Gasteiger partial charge in [-0.1, -0.05) is 0 Å². The van der Waals surface area contributed by atoms with Crippen LogP contribution in [-0.2, 0) is 9.53 Å². The zero-order valence-corrected chi connectivity index (χ0v) is 6.65. The molecule has 70 valence electrons. The molecule has 6 heteroatoms. The highest BCUT2D eigenvalue weighted by molar-refractivity contribution is 6.21. The van der Waals surface area contributed by atoms with Crippen molar-refractivity contribution in [2.45, 2.75) is 30.5 Å². The monoisotopic (exact) mass is 202 g/mol. The zero-order chi connectivity index (χ0) is 9.35. The molecule has 1 aliphatic rings. The first-order valence-electron chi connectivity index (χ1n) is 3.31. The van der Waals surface area contributed by atoms with E-state index in [1.165, 1.54) is 0 Å². The molecule has 0 heterocycles. The maximum Gasteiger partial charge on any atom is 0.490 e. The van der Waals surface area contributed by atoms with E-state index in [-0.39, 0.29) is 5.38 Å². The standard InChI is InChI=1S/C6H6ClF3O2/c7-3-1-4(2-3)12-5(11)6(8,9)10/h3-4H,1-2H2. The van der Waals surface area contributed by atoms with Gasteiger partial charge in [-0.3, -0.25) is 0 Å². The normalized spacial score (nSPS) is 29.3. The lowest BCUT2D eigenvalue weighted by atomic mass is 9.95. The third-order valence-corrected chi connectivity index (χ3v) is 1.90. The van der Waals surface area contributed by atoms with Crippen molar-refractivity contribution in [3.63, 3.8) is 0 Å². The van der Waals surface area contributed by atoms with Crippen molar-refractivity contribution in [3.8, 4) is 0 Å². The average molecular weight is 203 g/mol. The van der Waals surface area contributed by atoms with Crippen LogP contribution in [0.5, 0.6) is 0 Å². The van der Waals surface area contributed by atoms with Gasteiger partial charge in [0.15, 0.2) is 0 Å². The van der Waals surface area contributed by atoms with Crippen molar-refractivity contribution in [3.05, 3.63) is 0 Å². The van der Waals surface area contributed by atoms with Crippen LogP contribution >= 0.6 is 11.6 Å². The number of hydrogen-bond donors (Lipinski definition) is 0. The van der Waals surface area contributed by atoms with Gasteiger partial charge >= 0.3 is 12.1 Å². The third-order valence-electron chi connectivity index (χ3n) is 1.54. The predicted molar refractivity (Wildman–Crippen MR) is 34.8 cm³/mol. The van der Waals surface area contributed by atoms with Gasteiger partial charge in [0.2, 0.25) is 0 Å². The van der Waals surface area contributed by atoms with Crippen molar-refractivity contribution < 1.29 is 22.7 Å². The second-order valence-corrected chi connectivity index (χ2v) is 3.21. The molecule has 1 aliphatic carbocycles. The Labute approximate surface area is 71.6 Å². The van der Waals surface area contributed by atoms with Crippen molar-refractivity contribution in [1.82, 2.24) is 0 Å². The molecule has 0 N–H and O–H groups in total. The molecule has 0 spiro atoms. The average Bonchev–Trinajstić information content (AvgIpc) is 1.82. The van der Waals surface area contributed by atoms with E-state index in [9.17, 15) is 18.0 Å². The summed E-state index contributed by atoms with van der Waals surface area (Å²) < 4.78 is 38.8. The molecular formula is C6H6ClF3O2. The lowest BCUT2D eigenvalue weighted by molar-refractivity contribution is -0.207. The summed E-state index contributed by atoms with van der Waals surface area (Å²) in [5.41, 5.74) is 0. The van der Waals surface area contributed by atoms with E-state index < -0.39 is 18.2 Å². The summed E-state index contributed by atoms with van der Waals surface area (Å²) in [4.78, 5) is 10.2. The first kappa shape index (κ1) is 9.64. The number of esters is 1. The first-order chi connectivity index (χ1) is 5.39. The Balaban J connectivity index is 2.28. The number of hydrogen-bond acceptors (Lipinski definition) is 2. The molecule has 0 aromatic heterocycles. The SMILES string of the molecule is O=C(OC1CC(Cl)C1)C(F)(F)F. The van der Waals surface area contributed by atoms with Crippen molar-refractivity contribution >= 4 is 17.6 Å². The quantitative estimate of drug-likeness (QED) is 0.479. The van der Waals surface area contributed by atoms with E-state index in [4.69, 9.17) is 11.6 Å². The summed E-state index contributed by atoms with van der Waals surface area (Å²) in [6.07, 6.45) is -4.92. The van der Waals surface area contributed by atoms with Crippen molar-refractivity contribution in [2.24, 2.45) is 0 Å². The molecule has 0 saturated heterocycles. The Bertz CT molecular complexity index is 186. The summed E-state index contributed by atoms with van der Waals surface area (Å²) in [7, 11) is 0. The van der Waals surface area contributed by atoms with Crippen molar-refractivity contribution in [1.29, 1.82) is 0 Å². The van der Waals surface area contributed by atoms with Crippen LogP contribution in [-0.4, -0.2) is 23.6 Å². The molecular weight excluding hydrogens is 197 g/mol. The molecule has 1 saturated carbocycles. The molecule has 0 amide bonds. The molecule has 0 atom stereocenters. The van der Waals surface area contributed by atoms with Crippen LogP contribution in [0.15, 0.2) is 0 Å². The molecule has 0 bridgehead atoms.